The Balaban J connectivity index is 2.83. The second-order valence-corrected chi connectivity index (χ2v) is 8.51. The van der Waals surface area contributed by atoms with Crippen molar-refractivity contribution < 1.29 is 9.30 Å². The van der Waals surface area contributed by atoms with Gasteiger partial charge in [0, 0.05) is 24.0 Å². The minimum Gasteiger partial charge on any atom is -0.496 e. The van der Waals surface area contributed by atoms with Crippen LogP contribution in [0.1, 0.15) is 45.1 Å². The van der Waals surface area contributed by atoms with Gasteiger partial charge in [0.15, 0.2) is 0 Å². The number of methoxy groups -OCH3 is 1. The van der Waals surface area contributed by atoms with E-state index in [1.54, 1.807) is 7.11 Å². The Morgan fingerprint density at radius 1 is 1.05 bits per heavy atom. The van der Waals surface area contributed by atoms with Crippen LogP contribution in [-0.4, -0.2) is 19.4 Å². The van der Waals surface area contributed by atoms with Gasteiger partial charge in [0.2, 0.25) is 0 Å². The second kappa shape index (κ2) is 8.43. The highest BCUT2D eigenvalue weighted by atomic mass is 31.2. The topological polar surface area (TPSA) is 26.3 Å². The lowest BCUT2D eigenvalue weighted by Gasteiger charge is -2.19. The first-order valence-electron chi connectivity index (χ1n) is 7.34. The lowest BCUT2D eigenvalue weighted by atomic mass is 10.2. The molecule has 1 aromatic rings. The lowest BCUT2D eigenvalue weighted by Crippen LogP contribution is -2.01. The molecule has 0 aliphatic rings. The van der Waals surface area contributed by atoms with E-state index in [4.69, 9.17) is 4.74 Å². The largest absolute Gasteiger partial charge is 0.496 e. The third-order valence-electron chi connectivity index (χ3n) is 3.49. The van der Waals surface area contributed by atoms with Crippen molar-refractivity contribution in [2.24, 2.45) is 0 Å². The van der Waals surface area contributed by atoms with Crippen molar-refractivity contribution in [3.63, 3.8) is 0 Å². The molecule has 0 saturated carbocycles. The Kier molecular flexibility index (Phi) is 7.23. The van der Waals surface area contributed by atoms with Crippen LogP contribution in [0, 0.1) is 0 Å². The summed E-state index contributed by atoms with van der Waals surface area (Å²) in [5, 5.41) is 0. The van der Waals surface area contributed by atoms with Crippen LogP contribution in [0.5, 0.6) is 5.75 Å². The maximum atomic E-state index is 13.1. The summed E-state index contributed by atoms with van der Waals surface area (Å²) in [7, 11) is -0.412. The van der Waals surface area contributed by atoms with Crippen molar-refractivity contribution in [2.75, 3.05) is 19.4 Å². The molecule has 0 fully saturated rings. The molecule has 3 heteroatoms. The van der Waals surface area contributed by atoms with Gasteiger partial charge in [-0.15, -0.1) is 0 Å². The number of rotatable bonds is 9. The number of ether oxygens (including phenoxy) is 1. The van der Waals surface area contributed by atoms with Gasteiger partial charge in [0.1, 0.15) is 5.75 Å². The predicted octanol–water partition coefficient (Wildman–Crippen LogP) is 5.16. The van der Waals surface area contributed by atoms with Crippen molar-refractivity contribution in [1.82, 2.24) is 0 Å². The predicted molar refractivity (Wildman–Crippen MR) is 83.9 cm³/mol. The highest BCUT2D eigenvalue weighted by molar-refractivity contribution is 7.63. The summed E-state index contributed by atoms with van der Waals surface area (Å²) in [5.74, 6) is 0.871. The van der Waals surface area contributed by atoms with Crippen LogP contribution in [0.15, 0.2) is 24.3 Å². The average molecular weight is 282 g/mol. The number of benzene rings is 1. The normalized spacial score (nSPS) is 11.5. The van der Waals surface area contributed by atoms with Crippen molar-refractivity contribution in [1.29, 1.82) is 0 Å². The molecule has 0 aromatic heterocycles. The molecule has 19 heavy (non-hydrogen) atoms. The molecule has 0 radical (unpaired) electrons. The van der Waals surface area contributed by atoms with Crippen LogP contribution in [0.3, 0.4) is 0 Å². The summed E-state index contributed by atoms with van der Waals surface area (Å²) in [5.41, 5.74) is 1.10. The van der Waals surface area contributed by atoms with Crippen molar-refractivity contribution in [2.45, 2.75) is 45.7 Å². The molecule has 2 nitrogen and oxygen atoms in total. The van der Waals surface area contributed by atoms with Gasteiger partial charge in [-0.05, 0) is 18.9 Å². The Labute approximate surface area is 117 Å². The summed E-state index contributed by atoms with van der Waals surface area (Å²) in [6, 6.07) is 7.97. The highest BCUT2D eigenvalue weighted by Gasteiger charge is 2.22. The molecule has 1 aromatic carbocycles. The van der Waals surface area contributed by atoms with Crippen LogP contribution >= 0.6 is 7.14 Å². The maximum Gasteiger partial charge on any atom is 0.122 e. The van der Waals surface area contributed by atoms with Gasteiger partial charge < -0.3 is 9.30 Å². The quantitative estimate of drug-likeness (QED) is 0.585. The van der Waals surface area contributed by atoms with E-state index in [9.17, 15) is 4.57 Å². The molecule has 0 unspecified atom stereocenters. The summed E-state index contributed by atoms with van der Waals surface area (Å²) < 4.78 is 18.5. The number of unbranched alkanes of at least 4 members (excludes halogenated alkanes) is 2. The fourth-order valence-electron chi connectivity index (χ4n) is 2.31. The van der Waals surface area contributed by atoms with E-state index in [0.717, 1.165) is 49.3 Å². The van der Waals surface area contributed by atoms with Crippen molar-refractivity contribution in [3.8, 4) is 5.75 Å². The van der Waals surface area contributed by atoms with Gasteiger partial charge in [-0.1, -0.05) is 44.9 Å². The summed E-state index contributed by atoms with van der Waals surface area (Å²) in [4.78, 5) is 0. The van der Waals surface area contributed by atoms with Gasteiger partial charge in [-0.3, -0.25) is 0 Å². The van der Waals surface area contributed by atoms with E-state index in [1.807, 2.05) is 24.3 Å². The maximum absolute atomic E-state index is 13.1. The van der Waals surface area contributed by atoms with Crippen LogP contribution < -0.4 is 4.74 Å². The van der Waals surface area contributed by atoms with Gasteiger partial charge in [0.05, 0.1) is 14.3 Å². The van der Waals surface area contributed by atoms with Crippen LogP contribution in [0.2, 0.25) is 0 Å². The molecule has 0 amide bonds. The SMILES string of the molecule is CCCCP(=O)(CCCC)Cc1ccccc1OC. The van der Waals surface area contributed by atoms with Crippen LogP contribution in [-0.2, 0) is 10.7 Å². The molecule has 0 atom stereocenters. The van der Waals surface area contributed by atoms with E-state index in [1.165, 1.54) is 0 Å². The molecule has 0 saturated heterocycles. The molecule has 0 heterocycles. The zero-order chi connectivity index (χ0) is 14.1. The number of hydrogen-bond donors (Lipinski definition) is 0. The van der Waals surface area contributed by atoms with Gasteiger partial charge >= 0.3 is 0 Å². The van der Waals surface area contributed by atoms with E-state index in [-0.39, 0.29) is 0 Å². The number of hydrogen-bond acceptors (Lipinski definition) is 2. The van der Waals surface area contributed by atoms with Crippen LogP contribution in [0.4, 0.5) is 0 Å². The fourth-order valence-corrected chi connectivity index (χ4v) is 5.51. The van der Waals surface area contributed by atoms with E-state index in [0.29, 0.717) is 6.16 Å². The molecule has 1 rings (SSSR count). The first-order chi connectivity index (χ1) is 9.15. The fraction of sp³-hybridized carbons (Fsp3) is 0.625. The molecule has 0 bridgehead atoms. The first-order valence-corrected chi connectivity index (χ1v) is 9.60. The van der Waals surface area contributed by atoms with Gasteiger partial charge in [-0.2, -0.15) is 0 Å². The van der Waals surface area contributed by atoms with Crippen molar-refractivity contribution >= 4 is 7.14 Å². The third-order valence-corrected chi connectivity index (χ3v) is 6.67. The summed E-state index contributed by atoms with van der Waals surface area (Å²) in [6.07, 6.45) is 6.80. The Bertz CT molecular complexity index is 403. The number of para-hydroxylation sites is 1. The highest BCUT2D eigenvalue weighted by Crippen LogP contribution is 2.51. The lowest BCUT2D eigenvalue weighted by molar-refractivity contribution is 0.411. The molecule has 0 spiro atoms. The van der Waals surface area contributed by atoms with E-state index >= 15 is 0 Å². The van der Waals surface area contributed by atoms with Crippen LogP contribution in [0.25, 0.3) is 0 Å². The molecule has 0 aliphatic carbocycles. The van der Waals surface area contributed by atoms with Gasteiger partial charge in [-0.25, -0.2) is 0 Å². The Hall–Kier alpha value is -0.750. The standard InChI is InChI=1S/C16H27O2P/c1-4-6-12-19(17,13-7-5-2)14-15-10-8-9-11-16(15)18-3/h8-11H,4-7,12-14H2,1-3H3. The van der Waals surface area contributed by atoms with E-state index < -0.39 is 7.14 Å². The molecule has 0 aliphatic heterocycles. The smallest absolute Gasteiger partial charge is 0.122 e. The molecule has 108 valence electrons. The third kappa shape index (κ3) is 5.40. The monoisotopic (exact) mass is 282 g/mol. The Morgan fingerprint density at radius 2 is 1.63 bits per heavy atom. The van der Waals surface area contributed by atoms with E-state index in [2.05, 4.69) is 13.8 Å². The first kappa shape index (κ1) is 16.3. The second-order valence-electron chi connectivity index (χ2n) is 5.18. The summed E-state index contributed by atoms with van der Waals surface area (Å²) >= 11 is 0. The minimum atomic E-state index is -2.09. The van der Waals surface area contributed by atoms with Crippen molar-refractivity contribution in [3.05, 3.63) is 29.8 Å². The molecule has 0 N–H and O–H groups in total. The molecular formula is C16H27O2P. The summed E-state index contributed by atoms with van der Waals surface area (Å²) in [6.45, 7) is 4.32. The average Bonchev–Trinajstić information content (AvgIpc) is 2.44. The molecular weight excluding hydrogens is 255 g/mol. The minimum absolute atomic E-state index is 0.691. The Morgan fingerprint density at radius 3 is 2.16 bits per heavy atom. The zero-order valence-electron chi connectivity index (χ0n) is 12.5. The van der Waals surface area contributed by atoms with Gasteiger partial charge in [0.25, 0.3) is 0 Å². The zero-order valence-corrected chi connectivity index (χ0v) is 13.4.